The lowest BCUT2D eigenvalue weighted by molar-refractivity contribution is -0.133. The minimum absolute atomic E-state index is 0.0302. The lowest BCUT2D eigenvalue weighted by Gasteiger charge is -2.31. The summed E-state index contributed by atoms with van der Waals surface area (Å²) in [5, 5.41) is 4.84. The van der Waals surface area contributed by atoms with Crippen LogP contribution in [0, 0.1) is 0 Å². The first-order valence-corrected chi connectivity index (χ1v) is 9.71. The van der Waals surface area contributed by atoms with Crippen LogP contribution in [0.5, 0.6) is 11.5 Å². The molecule has 0 bridgehead atoms. The van der Waals surface area contributed by atoms with Crippen LogP contribution in [0.1, 0.15) is 35.4 Å². The number of carbonyl (C=O) groups excluding carboxylic acids is 2. The second-order valence-corrected chi connectivity index (χ2v) is 7.49. The Kier molecular flexibility index (Phi) is 6.01. The maximum absolute atomic E-state index is 12.9. The Hall–Kier alpha value is -2.54. The Morgan fingerprint density at radius 2 is 1.93 bits per heavy atom. The van der Waals surface area contributed by atoms with Gasteiger partial charge in [0, 0.05) is 24.9 Å². The van der Waals surface area contributed by atoms with Gasteiger partial charge in [0.15, 0.2) is 11.5 Å². The number of fused-ring (bicyclic) bond motifs is 1. The van der Waals surface area contributed by atoms with Crippen molar-refractivity contribution in [1.29, 1.82) is 0 Å². The highest BCUT2D eigenvalue weighted by Gasteiger charge is 2.26. The third-order valence-electron chi connectivity index (χ3n) is 4.71. The average molecular weight is 388 g/mol. The van der Waals surface area contributed by atoms with Crippen molar-refractivity contribution in [2.45, 2.75) is 32.4 Å². The smallest absolute Gasteiger partial charge is 0.225 e. The Balaban J connectivity index is 1.74. The second-order valence-electron chi connectivity index (χ2n) is 6.51. The Morgan fingerprint density at radius 3 is 2.52 bits per heavy atom. The van der Waals surface area contributed by atoms with Gasteiger partial charge >= 0.3 is 0 Å². The molecule has 0 unspecified atom stereocenters. The van der Waals surface area contributed by atoms with Gasteiger partial charge in [-0.25, -0.2) is 0 Å². The summed E-state index contributed by atoms with van der Waals surface area (Å²) in [6.07, 6.45) is 1.02. The minimum atomic E-state index is -0.290. The van der Waals surface area contributed by atoms with E-state index in [1.54, 1.807) is 25.6 Å². The quantitative estimate of drug-likeness (QED) is 0.826. The van der Waals surface area contributed by atoms with Gasteiger partial charge in [0.1, 0.15) is 0 Å². The van der Waals surface area contributed by atoms with E-state index in [1.807, 2.05) is 34.5 Å². The number of nitrogens with zero attached hydrogens (tertiary/aromatic N) is 1. The van der Waals surface area contributed by atoms with E-state index in [2.05, 4.69) is 5.32 Å². The lowest BCUT2D eigenvalue weighted by Crippen LogP contribution is -2.38. The number of amides is 2. The van der Waals surface area contributed by atoms with Gasteiger partial charge in [0.2, 0.25) is 11.8 Å². The van der Waals surface area contributed by atoms with Crippen LogP contribution in [0.3, 0.4) is 0 Å². The van der Waals surface area contributed by atoms with Gasteiger partial charge in [-0.15, -0.1) is 11.3 Å². The normalized spacial score (nSPS) is 14.3. The highest BCUT2D eigenvalue weighted by molar-refractivity contribution is 7.10. The van der Waals surface area contributed by atoms with Crippen molar-refractivity contribution in [3.63, 3.8) is 0 Å². The van der Waals surface area contributed by atoms with Crippen LogP contribution in [0.15, 0.2) is 29.6 Å². The number of nitrogens with one attached hydrogen (secondary N) is 1. The fourth-order valence-corrected chi connectivity index (χ4v) is 4.14. The summed E-state index contributed by atoms with van der Waals surface area (Å²) in [4.78, 5) is 27.3. The minimum Gasteiger partial charge on any atom is -0.493 e. The van der Waals surface area contributed by atoms with Gasteiger partial charge in [-0.2, -0.15) is 0 Å². The topological polar surface area (TPSA) is 67.9 Å². The number of ether oxygens (including phenoxy) is 2. The summed E-state index contributed by atoms with van der Waals surface area (Å²) in [6, 6.07) is 7.51. The molecule has 0 saturated heterocycles. The fraction of sp³-hybridized carbons (Fsp3) is 0.400. The summed E-state index contributed by atoms with van der Waals surface area (Å²) in [5.41, 5.74) is 2.24. The molecule has 2 aromatic rings. The molecule has 0 radical (unpaired) electrons. The van der Waals surface area contributed by atoms with Gasteiger partial charge in [0.25, 0.3) is 0 Å². The van der Waals surface area contributed by atoms with E-state index in [0.717, 1.165) is 16.9 Å². The summed E-state index contributed by atoms with van der Waals surface area (Å²) in [7, 11) is 3.23. The molecular formula is C20H24N2O4S. The van der Waals surface area contributed by atoms with Crippen molar-refractivity contribution in [2.75, 3.05) is 20.8 Å². The molecule has 144 valence electrons. The van der Waals surface area contributed by atoms with Gasteiger partial charge in [0.05, 0.1) is 26.7 Å². The molecule has 1 atom stereocenters. The SMILES string of the molecule is COc1cc2c(cc1OC)CN(C(=O)C[C@H](NC(C)=O)c1cccs1)CC2. The van der Waals surface area contributed by atoms with E-state index < -0.39 is 0 Å². The lowest BCUT2D eigenvalue weighted by atomic mass is 9.98. The molecule has 0 fully saturated rings. The van der Waals surface area contributed by atoms with E-state index in [-0.39, 0.29) is 24.3 Å². The predicted molar refractivity (Wildman–Crippen MR) is 104 cm³/mol. The number of thiophene rings is 1. The van der Waals surface area contributed by atoms with Crippen molar-refractivity contribution >= 4 is 23.2 Å². The van der Waals surface area contributed by atoms with Crippen molar-refractivity contribution in [1.82, 2.24) is 10.2 Å². The molecule has 1 N–H and O–H groups in total. The second kappa shape index (κ2) is 8.43. The van der Waals surface area contributed by atoms with Crippen LogP contribution in [0.4, 0.5) is 0 Å². The van der Waals surface area contributed by atoms with E-state index in [1.165, 1.54) is 12.5 Å². The molecule has 1 aromatic carbocycles. The maximum atomic E-state index is 12.9. The van der Waals surface area contributed by atoms with E-state index in [9.17, 15) is 9.59 Å². The first-order chi connectivity index (χ1) is 13.0. The first kappa shape index (κ1) is 19.2. The third-order valence-corrected chi connectivity index (χ3v) is 5.70. The molecule has 0 aliphatic carbocycles. The van der Waals surface area contributed by atoms with Crippen LogP contribution in [0.2, 0.25) is 0 Å². The van der Waals surface area contributed by atoms with Gasteiger partial charge in [-0.05, 0) is 41.1 Å². The van der Waals surface area contributed by atoms with Gasteiger partial charge < -0.3 is 19.7 Å². The number of methoxy groups -OCH3 is 2. The Morgan fingerprint density at radius 1 is 1.22 bits per heavy atom. The zero-order valence-electron chi connectivity index (χ0n) is 15.8. The number of hydrogen-bond acceptors (Lipinski definition) is 5. The summed E-state index contributed by atoms with van der Waals surface area (Å²) in [6.45, 7) is 2.66. The Labute approximate surface area is 163 Å². The molecule has 1 aromatic heterocycles. The molecule has 27 heavy (non-hydrogen) atoms. The van der Waals surface area contributed by atoms with Crippen LogP contribution < -0.4 is 14.8 Å². The first-order valence-electron chi connectivity index (χ1n) is 8.84. The largest absolute Gasteiger partial charge is 0.493 e. The van der Waals surface area contributed by atoms with Crippen molar-refractivity contribution in [3.8, 4) is 11.5 Å². The number of hydrogen-bond donors (Lipinski definition) is 1. The van der Waals surface area contributed by atoms with Crippen LogP contribution in [-0.2, 0) is 22.6 Å². The molecule has 1 aliphatic heterocycles. The van der Waals surface area contributed by atoms with Crippen LogP contribution >= 0.6 is 11.3 Å². The fourth-order valence-electron chi connectivity index (χ4n) is 3.36. The molecule has 0 spiro atoms. The zero-order valence-corrected chi connectivity index (χ0v) is 16.6. The van der Waals surface area contributed by atoms with Crippen molar-refractivity contribution < 1.29 is 19.1 Å². The van der Waals surface area contributed by atoms with Crippen molar-refractivity contribution in [3.05, 3.63) is 45.6 Å². The van der Waals surface area contributed by atoms with E-state index >= 15 is 0 Å². The van der Waals surface area contributed by atoms with Crippen LogP contribution in [0.25, 0.3) is 0 Å². The van der Waals surface area contributed by atoms with E-state index in [0.29, 0.717) is 24.6 Å². The van der Waals surface area contributed by atoms with Gasteiger partial charge in [-0.1, -0.05) is 6.07 Å². The highest BCUT2D eigenvalue weighted by Crippen LogP contribution is 2.33. The molecule has 0 saturated carbocycles. The number of carbonyl (C=O) groups is 2. The Bertz CT molecular complexity index is 820. The molecule has 2 heterocycles. The zero-order chi connectivity index (χ0) is 19.4. The number of benzene rings is 1. The van der Waals surface area contributed by atoms with Crippen molar-refractivity contribution in [2.24, 2.45) is 0 Å². The molecule has 2 amide bonds. The predicted octanol–water partition coefficient (Wildman–Crippen LogP) is 2.92. The third kappa shape index (κ3) is 4.42. The standard InChI is InChI=1S/C20H24N2O4S/c1-13(23)21-16(19-5-4-8-27-19)11-20(24)22-7-6-14-9-17(25-2)18(26-3)10-15(14)12-22/h4-5,8-10,16H,6-7,11-12H2,1-3H3,(H,21,23)/t16-/m0/s1. The molecule has 3 rings (SSSR count). The summed E-state index contributed by atoms with van der Waals surface area (Å²) < 4.78 is 10.7. The van der Waals surface area contributed by atoms with Gasteiger partial charge in [-0.3, -0.25) is 9.59 Å². The highest BCUT2D eigenvalue weighted by atomic mass is 32.1. The van der Waals surface area contributed by atoms with E-state index in [4.69, 9.17) is 9.47 Å². The number of rotatable bonds is 6. The molecule has 7 heteroatoms. The monoisotopic (exact) mass is 388 g/mol. The maximum Gasteiger partial charge on any atom is 0.225 e. The molecule has 6 nitrogen and oxygen atoms in total. The molecule has 1 aliphatic rings. The summed E-state index contributed by atoms with van der Waals surface area (Å²) in [5.74, 6) is 1.27. The average Bonchev–Trinajstić information content (AvgIpc) is 3.20. The van der Waals surface area contributed by atoms with Crippen LogP contribution in [-0.4, -0.2) is 37.5 Å². The summed E-state index contributed by atoms with van der Waals surface area (Å²) >= 11 is 1.54. The molecular weight excluding hydrogens is 364 g/mol.